The standard InChI is InChI=1S/C60H51N3O/c1-39-45(35-36-53(42-23-10-4-11-24-42)62-57(39)43-25-12-5-13-26-43)52-37-44(56-46(40-19-6-2-7-20-40)29-18-30-47(56)41-21-8-3-9-22-41)38-61-60(52)63-54-31-16-14-27-48(54)50-33-34-51-49-28-15-17-32-55(49)64-59(51)58(50)63/h2-8,10-17,19-21,23-28,31-39,47,49-50,55,58H,9,18,22,29-30H2,1H3/t39-,47?,49?,50?,55?,58?/m0/s1. The third-order valence-corrected chi connectivity index (χ3v) is 14.5. The third-order valence-electron chi connectivity index (χ3n) is 14.5. The Morgan fingerprint density at radius 2 is 1.44 bits per heavy atom. The smallest absolute Gasteiger partial charge is 0.141 e. The SMILES string of the molecule is C[C@H]1C(c2cc(C3=C(c4ccccc4)CCCC3C3=CC=CCC3)cnc2N2c3ccccc3C3C=CC4=C(OC5C=CC=CC45)C32)=CC=C(c2ccccc2)N=C1c1ccccc1. The summed E-state index contributed by atoms with van der Waals surface area (Å²) < 4.78 is 7.05. The van der Waals surface area contributed by atoms with Gasteiger partial charge in [0.15, 0.2) is 0 Å². The Balaban J connectivity index is 1.11. The van der Waals surface area contributed by atoms with Crippen LogP contribution in [0.2, 0.25) is 0 Å². The predicted molar refractivity (Wildman–Crippen MR) is 264 cm³/mol. The molecule has 0 amide bonds. The van der Waals surface area contributed by atoms with Crippen LogP contribution in [0.4, 0.5) is 11.5 Å². The summed E-state index contributed by atoms with van der Waals surface area (Å²) in [5.41, 5.74) is 17.2. The van der Waals surface area contributed by atoms with Crippen molar-refractivity contribution in [1.29, 1.82) is 0 Å². The van der Waals surface area contributed by atoms with Crippen LogP contribution in [0, 0.1) is 17.8 Å². The van der Waals surface area contributed by atoms with Crippen LogP contribution in [-0.2, 0) is 4.74 Å². The minimum Gasteiger partial charge on any atom is -0.487 e. The van der Waals surface area contributed by atoms with Crippen LogP contribution >= 0.6 is 0 Å². The Morgan fingerprint density at radius 1 is 0.688 bits per heavy atom. The molecule has 0 spiro atoms. The van der Waals surface area contributed by atoms with Crippen molar-refractivity contribution in [2.75, 3.05) is 4.90 Å². The highest BCUT2D eigenvalue weighted by Crippen LogP contribution is 2.56. The van der Waals surface area contributed by atoms with Gasteiger partial charge in [-0.3, -0.25) is 4.99 Å². The van der Waals surface area contributed by atoms with Crippen molar-refractivity contribution in [2.45, 2.75) is 57.1 Å². The van der Waals surface area contributed by atoms with Crippen molar-refractivity contribution in [3.63, 3.8) is 0 Å². The van der Waals surface area contributed by atoms with Crippen molar-refractivity contribution < 1.29 is 4.74 Å². The first-order valence-corrected chi connectivity index (χ1v) is 23.3. The third kappa shape index (κ3) is 6.58. The van der Waals surface area contributed by atoms with Crippen LogP contribution in [-0.4, -0.2) is 22.8 Å². The Kier molecular flexibility index (Phi) is 9.81. The molecular formula is C60H51N3O. The number of allylic oxidation sites excluding steroid dienone is 12. The number of pyridine rings is 1. The van der Waals surface area contributed by atoms with Crippen molar-refractivity contribution in [1.82, 2.24) is 4.98 Å². The molecule has 0 fully saturated rings. The number of nitrogens with zero attached hydrogens (tertiary/aromatic N) is 3. The molecule has 0 saturated heterocycles. The van der Waals surface area contributed by atoms with Gasteiger partial charge in [0.1, 0.15) is 23.7 Å². The molecule has 0 bridgehead atoms. The zero-order chi connectivity index (χ0) is 42.6. The Bertz CT molecular complexity index is 2970. The first-order valence-electron chi connectivity index (χ1n) is 23.3. The van der Waals surface area contributed by atoms with E-state index in [1.165, 1.54) is 50.2 Å². The van der Waals surface area contributed by atoms with E-state index in [-0.39, 0.29) is 29.9 Å². The summed E-state index contributed by atoms with van der Waals surface area (Å²) in [5, 5.41) is 0. The lowest BCUT2D eigenvalue weighted by atomic mass is 9.72. The van der Waals surface area contributed by atoms with E-state index in [1.807, 2.05) is 0 Å². The van der Waals surface area contributed by atoms with Crippen molar-refractivity contribution >= 4 is 39.6 Å². The molecule has 0 N–H and O–H groups in total. The monoisotopic (exact) mass is 829 g/mol. The number of benzene rings is 4. The van der Waals surface area contributed by atoms with E-state index < -0.39 is 0 Å². The Hall–Kier alpha value is -7.04. The van der Waals surface area contributed by atoms with E-state index in [2.05, 4.69) is 206 Å². The number of ether oxygens (including phenoxy) is 1. The molecule has 4 nitrogen and oxygen atoms in total. The molecule has 5 aromatic rings. The van der Waals surface area contributed by atoms with E-state index in [1.54, 1.807) is 0 Å². The molecule has 6 atom stereocenters. The van der Waals surface area contributed by atoms with Crippen LogP contribution < -0.4 is 4.90 Å². The number of aliphatic imine (C=N–C) groups is 1. The zero-order valence-corrected chi connectivity index (χ0v) is 36.2. The largest absolute Gasteiger partial charge is 0.487 e. The summed E-state index contributed by atoms with van der Waals surface area (Å²) >= 11 is 0. The van der Waals surface area contributed by atoms with Crippen molar-refractivity contribution in [3.05, 3.63) is 245 Å². The van der Waals surface area contributed by atoms with Gasteiger partial charge in [-0.25, -0.2) is 4.98 Å². The highest BCUT2D eigenvalue weighted by Gasteiger charge is 2.49. The molecule has 64 heavy (non-hydrogen) atoms. The minimum atomic E-state index is -0.0815. The normalized spacial score (nSPS) is 25.4. The molecule has 4 aliphatic carbocycles. The Labute approximate surface area is 377 Å². The van der Waals surface area contributed by atoms with E-state index in [0.29, 0.717) is 5.92 Å². The summed E-state index contributed by atoms with van der Waals surface area (Å²) in [6, 6.07) is 43.8. The maximum Gasteiger partial charge on any atom is 0.141 e. The van der Waals surface area contributed by atoms with Gasteiger partial charge in [-0.05, 0) is 95.4 Å². The number of hydrogen-bond acceptors (Lipinski definition) is 4. The molecule has 7 aliphatic rings. The first kappa shape index (κ1) is 38.6. The molecule has 3 aliphatic heterocycles. The topological polar surface area (TPSA) is 37.7 Å². The first-order chi connectivity index (χ1) is 31.7. The number of fused-ring (bicyclic) bond motifs is 6. The van der Waals surface area contributed by atoms with Gasteiger partial charge in [0.05, 0.1) is 11.4 Å². The van der Waals surface area contributed by atoms with Crippen LogP contribution in [0.15, 0.2) is 216 Å². The van der Waals surface area contributed by atoms with Crippen LogP contribution in [0.1, 0.15) is 78.3 Å². The average molecular weight is 830 g/mol. The van der Waals surface area contributed by atoms with Crippen molar-refractivity contribution in [2.24, 2.45) is 22.7 Å². The molecule has 4 heteroatoms. The summed E-state index contributed by atoms with van der Waals surface area (Å²) in [7, 11) is 0. The van der Waals surface area contributed by atoms with Gasteiger partial charge in [0, 0.05) is 52.3 Å². The summed E-state index contributed by atoms with van der Waals surface area (Å²) in [6.07, 6.45) is 32.8. The molecular weight excluding hydrogens is 779 g/mol. The second kappa shape index (κ2) is 16.3. The van der Waals surface area contributed by atoms with Gasteiger partial charge in [0.25, 0.3) is 0 Å². The number of aromatic nitrogens is 1. The fraction of sp³-hybridized carbons (Fsp3) is 0.200. The van der Waals surface area contributed by atoms with E-state index >= 15 is 0 Å². The predicted octanol–water partition coefficient (Wildman–Crippen LogP) is 14.2. The van der Waals surface area contributed by atoms with Crippen LogP contribution in [0.5, 0.6) is 0 Å². The molecule has 1 aromatic heterocycles. The number of anilines is 2. The lowest BCUT2D eigenvalue weighted by Gasteiger charge is -2.35. The molecule has 0 saturated carbocycles. The number of para-hydroxylation sites is 1. The van der Waals surface area contributed by atoms with E-state index in [9.17, 15) is 0 Å². The van der Waals surface area contributed by atoms with Gasteiger partial charge in [-0.2, -0.15) is 0 Å². The fourth-order valence-corrected chi connectivity index (χ4v) is 11.5. The maximum absolute atomic E-state index is 7.05. The van der Waals surface area contributed by atoms with Gasteiger partial charge in [-0.1, -0.05) is 176 Å². The quantitative estimate of drug-likeness (QED) is 0.164. The van der Waals surface area contributed by atoms with Gasteiger partial charge < -0.3 is 9.64 Å². The average Bonchev–Trinajstić information content (AvgIpc) is 3.86. The highest BCUT2D eigenvalue weighted by atomic mass is 16.5. The number of rotatable bonds is 7. The Morgan fingerprint density at radius 3 is 2.23 bits per heavy atom. The molecule has 5 unspecified atom stereocenters. The van der Waals surface area contributed by atoms with Gasteiger partial charge in [0.2, 0.25) is 0 Å². The van der Waals surface area contributed by atoms with E-state index in [4.69, 9.17) is 14.7 Å². The number of hydrogen-bond donors (Lipinski definition) is 0. The second-order valence-corrected chi connectivity index (χ2v) is 18.1. The summed E-state index contributed by atoms with van der Waals surface area (Å²) in [4.78, 5) is 13.9. The molecule has 12 rings (SSSR count). The molecule has 4 heterocycles. The summed E-state index contributed by atoms with van der Waals surface area (Å²) in [6.45, 7) is 2.33. The zero-order valence-electron chi connectivity index (χ0n) is 36.2. The maximum atomic E-state index is 7.05. The molecule has 0 radical (unpaired) electrons. The van der Waals surface area contributed by atoms with Gasteiger partial charge in [-0.15, -0.1) is 0 Å². The minimum absolute atomic E-state index is 0.00920. The summed E-state index contributed by atoms with van der Waals surface area (Å²) in [5.74, 6) is 2.57. The fourth-order valence-electron chi connectivity index (χ4n) is 11.5. The van der Waals surface area contributed by atoms with Gasteiger partial charge >= 0.3 is 0 Å². The van der Waals surface area contributed by atoms with Crippen LogP contribution in [0.3, 0.4) is 0 Å². The second-order valence-electron chi connectivity index (χ2n) is 18.1. The lowest BCUT2D eigenvalue weighted by molar-refractivity contribution is 0.150. The highest BCUT2D eigenvalue weighted by molar-refractivity contribution is 6.12. The van der Waals surface area contributed by atoms with E-state index in [0.717, 1.165) is 71.8 Å². The van der Waals surface area contributed by atoms with Crippen LogP contribution in [0.25, 0.3) is 22.4 Å². The molecule has 312 valence electrons. The molecule has 4 aromatic carbocycles. The van der Waals surface area contributed by atoms with Crippen molar-refractivity contribution in [3.8, 4) is 0 Å². The lowest BCUT2D eigenvalue weighted by Crippen LogP contribution is -2.35.